The van der Waals surface area contributed by atoms with Gasteiger partial charge in [-0.25, -0.2) is 9.97 Å². The van der Waals surface area contributed by atoms with Gasteiger partial charge in [0, 0.05) is 57.7 Å². The number of rotatable bonds is 6. The van der Waals surface area contributed by atoms with Crippen LogP contribution >= 0.6 is 0 Å². The van der Waals surface area contributed by atoms with Crippen LogP contribution in [0.1, 0.15) is 27.7 Å². The molecule has 1 N–H and O–H groups in total. The Morgan fingerprint density at radius 3 is 2.33 bits per heavy atom. The fraction of sp³-hybridized carbons (Fsp3) is 0.750. The summed E-state index contributed by atoms with van der Waals surface area (Å²) >= 11 is 0. The van der Waals surface area contributed by atoms with Crippen LogP contribution in [0.15, 0.2) is 18.5 Å². The van der Waals surface area contributed by atoms with E-state index in [0.29, 0.717) is 11.5 Å². The Kier molecular flexibility index (Phi) is 5.53. The molecule has 21 heavy (non-hydrogen) atoms. The molecule has 0 radical (unpaired) electrons. The molecule has 1 aromatic rings. The van der Waals surface area contributed by atoms with Gasteiger partial charge in [0.15, 0.2) is 0 Å². The van der Waals surface area contributed by atoms with E-state index in [2.05, 4.69) is 52.8 Å². The monoisotopic (exact) mass is 291 g/mol. The van der Waals surface area contributed by atoms with Gasteiger partial charge < -0.3 is 10.2 Å². The highest BCUT2D eigenvalue weighted by atomic mass is 15.3. The van der Waals surface area contributed by atoms with Crippen LogP contribution in [-0.2, 0) is 0 Å². The van der Waals surface area contributed by atoms with Crippen LogP contribution in [0.2, 0.25) is 0 Å². The van der Waals surface area contributed by atoms with Crippen molar-refractivity contribution in [2.24, 2.45) is 5.41 Å². The van der Waals surface area contributed by atoms with E-state index >= 15 is 0 Å². The lowest BCUT2D eigenvalue weighted by molar-refractivity contribution is 0.164. The molecule has 1 fully saturated rings. The van der Waals surface area contributed by atoms with E-state index in [-0.39, 0.29) is 0 Å². The quantitative estimate of drug-likeness (QED) is 0.863. The van der Waals surface area contributed by atoms with Gasteiger partial charge in [-0.3, -0.25) is 4.90 Å². The first-order valence-electron chi connectivity index (χ1n) is 7.94. The van der Waals surface area contributed by atoms with Crippen molar-refractivity contribution in [3.05, 3.63) is 18.5 Å². The molecular weight excluding hydrogens is 262 g/mol. The van der Waals surface area contributed by atoms with Crippen molar-refractivity contribution in [3.8, 4) is 0 Å². The molecule has 0 atom stereocenters. The summed E-state index contributed by atoms with van der Waals surface area (Å²) in [5.41, 5.74) is 0.301. The first kappa shape index (κ1) is 16.2. The normalized spacial score (nSPS) is 17.5. The van der Waals surface area contributed by atoms with E-state index in [4.69, 9.17) is 0 Å². The van der Waals surface area contributed by atoms with Crippen LogP contribution in [-0.4, -0.2) is 60.2 Å². The second kappa shape index (κ2) is 7.18. The van der Waals surface area contributed by atoms with Crippen LogP contribution < -0.4 is 10.2 Å². The zero-order valence-corrected chi connectivity index (χ0v) is 13.8. The maximum atomic E-state index is 4.34. The van der Waals surface area contributed by atoms with E-state index in [1.165, 1.54) is 0 Å². The molecule has 1 aromatic heterocycles. The second-order valence-corrected chi connectivity index (χ2v) is 7.01. The Labute approximate surface area is 128 Å². The summed E-state index contributed by atoms with van der Waals surface area (Å²) < 4.78 is 0. The number of hydrogen-bond donors (Lipinski definition) is 1. The second-order valence-electron chi connectivity index (χ2n) is 7.01. The summed E-state index contributed by atoms with van der Waals surface area (Å²) in [4.78, 5) is 13.5. The van der Waals surface area contributed by atoms with E-state index in [9.17, 15) is 0 Å². The summed E-state index contributed by atoms with van der Waals surface area (Å²) in [6.45, 7) is 15.5. The minimum atomic E-state index is 0.301. The lowest BCUT2D eigenvalue weighted by Crippen LogP contribution is -2.51. The molecule has 0 amide bonds. The maximum Gasteiger partial charge on any atom is 0.225 e. The third-order valence-electron chi connectivity index (χ3n) is 3.85. The molecule has 0 saturated carbocycles. The highest BCUT2D eigenvalue weighted by Crippen LogP contribution is 2.18. The van der Waals surface area contributed by atoms with Crippen molar-refractivity contribution in [3.63, 3.8) is 0 Å². The summed E-state index contributed by atoms with van der Waals surface area (Å²) in [6, 6.07) is 2.42. The fourth-order valence-electron chi connectivity index (χ4n) is 2.70. The van der Waals surface area contributed by atoms with E-state index < -0.39 is 0 Å². The maximum absolute atomic E-state index is 4.34. The first-order valence-corrected chi connectivity index (χ1v) is 7.94. The van der Waals surface area contributed by atoms with Gasteiger partial charge in [-0.1, -0.05) is 27.7 Å². The minimum absolute atomic E-state index is 0.301. The average Bonchev–Trinajstić information content (AvgIpc) is 2.47. The lowest BCUT2D eigenvalue weighted by Gasteiger charge is -2.39. The molecule has 0 unspecified atom stereocenters. The zero-order chi connectivity index (χ0) is 15.3. The topological polar surface area (TPSA) is 44.3 Å². The molecule has 0 bridgehead atoms. The predicted molar refractivity (Wildman–Crippen MR) is 87.6 cm³/mol. The first-order chi connectivity index (χ1) is 9.96. The van der Waals surface area contributed by atoms with Gasteiger partial charge in [-0.15, -0.1) is 0 Å². The molecule has 1 aliphatic rings. The molecular formula is C16H29N5. The Hall–Kier alpha value is -1.20. The van der Waals surface area contributed by atoms with E-state index in [0.717, 1.165) is 45.2 Å². The third-order valence-corrected chi connectivity index (χ3v) is 3.85. The van der Waals surface area contributed by atoms with Gasteiger partial charge in [0.1, 0.15) is 0 Å². The molecule has 5 heteroatoms. The van der Waals surface area contributed by atoms with Crippen LogP contribution in [0.25, 0.3) is 0 Å². The summed E-state index contributed by atoms with van der Waals surface area (Å²) in [5, 5.41) is 3.55. The zero-order valence-electron chi connectivity index (χ0n) is 13.8. The van der Waals surface area contributed by atoms with E-state index in [1.807, 2.05) is 18.5 Å². The van der Waals surface area contributed by atoms with Gasteiger partial charge in [-0.2, -0.15) is 0 Å². The van der Waals surface area contributed by atoms with Crippen molar-refractivity contribution in [2.45, 2.75) is 33.7 Å². The van der Waals surface area contributed by atoms with Crippen molar-refractivity contribution in [2.75, 3.05) is 44.2 Å². The Morgan fingerprint density at radius 2 is 1.76 bits per heavy atom. The molecule has 0 aromatic carbocycles. The van der Waals surface area contributed by atoms with Crippen molar-refractivity contribution in [1.29, 1.82) is 0 Å². The fourth-order valence-corrected chi connectivity index (χ4v) is 2.70. The number of aromatic nitrogens is 2. The molecule has 0 spiro atoms. The number of nitrogens with one attached hydrogen (secondary N) is 1. The Bertz CT molecular complexity index is 410. The van der Waals surface area contributed by atoms with E-state index in [1.54, 1.807) is 0 Å². The van der Waals surface area contributed by atoms with Crippen LogP contribution in [0.5, 0.6) is 0 Å². The molecule has 2 rings (SSSR count). The molecule has 1 saturated heterocycles. The van der Waals surface area contributed by atoms with Gasteiger partial charge in [-0.05, 0) is 11.5 Å². The highest BCUT2D eigenvalue weighted by Gasteiger charge is 2.25. The van der Waals surface area contributed by atoms with Crippen LogP contribution in [0, 0.1) is 5.41 Å². The molecule has 2 heterocycles. The van der Waals surface area contributed by atoms with Crippen molar-refractivity contribution >= 4 is 5.95 Å². The summed E-state index contributed by atoms with van der Waals surface area (Å²) in [5.74, 6) is 0.859. The molecule has 1 aliphatic heterocycles. The van der Waals surface area contributed by atoms with Crippen LogP contribution in [0.4, 0.5) is 5.95 Å². The van der Waals surface area contributed by atoms with Crippen molar-refractivity contribution in [1.82, 2.24) is 20.2 Å². The molecule has 118 valence electrons. The molecule has 0 aliphatic carbocycles. The smallest absolute Gasteiger partial charge is 0.225 e. The van der Waals surface area contributed by atoms with Crippen LogP contribution in [0.3, 0.4) is 0 Å². The molecule has 5 nitrogen and oxygen atoms in total. The Morgan fingerprint density at radius 1 is 1.14 bits per heavy atom. The number of nitrogens with zero attached hydrogens (tertiary/aromatic N) is 4. The number of piperazine rings is 1. The standard InChI is InChI=1S/C16H29N5/c1-14(2)19-12-16(3,4)13-20-8-10-21(11-9-20)15-17-6-5-7-18-15/h5-7,14,19H,8-13H2,1-4H3. The number of hydrogen-bond acceptors (Lipinski definition) is 5. The largest absolute Gasteiger partial charge is 0.338 e. The van der Waals surface area contributed by atoms with Gasteiger partial charge >= 0.3 is 0 Å². The van der Waals surface area contributed by atoms with Gasteiger partial charge in [0.05, 0.1) is 0 Å². The minimum Gasteiger partial charge on any atom is -0.338 e. The number of anilines is 1. The summed E-state index contributed by atoms with van der Waals surface area (Å²) in [7, 11) is 0. The Balaban J connectivity index is 1.78. The average molecular weight is 291 g/mol. The lowest BCUT2D eigenvalue weighted by atomic mass is 9.92. The summed E-state index contributed by atoms with van der Waals surface area (Å²) in [6.07, 6.45) is 3.63. The van der Waals surface area contributed by atoms with Gasteiger partial charge in [0.25, 0.3) is 0 Å². The SMILES string of the molecule is CC(C)NCC(C)(C)CN1CCN(c2ncccn2)CC1. The third kappa shape index (κ3) is 5.25. The highest BCUT2D eigenvalue weighted by molar-refractivity contribution is 5.29. The van der Waals surface area contributed by atoms with Crippen molar-refractivity contribution < 1.29 is 0 Å². The predicted octanol–water partition coefficient (Wildman–Crippen LogP) is 1.62. The van der Waals surface area contributed by atoms with Gasteiger partial charge in [0.2, 0.25) is 5.95 Å².